The minimum absolute atomic E-state index is 0.0537. The van der Waals surface area contributed by atoms with E-state index in [1.165, 1.54) is 30.3 Å². The molecule has 1 aromatic heterocycles. The van der Waals surface area contributed by atoms with Crippen LogP contribution in [0.15, 0.2) is 82.0 Å². The minimum atomic E-state index is -4.99. The Balaban J connectivity index is 1.41. The predicted octanol–water partition coefficient (Wildman–Crippen LogP) is 6.66. The van der Waals surface area contributed by atoms with Crippen LogP contribution in [0.25, 0.3) is 22.1 Å². The highest BCUT2D eigenvalue weighted by molar-refractivity contribution is 5.81. The van der Waals surface area contributed by atoms with E-state index >= 15 is 0 Å². The van der Waals surface area contributed by atoms with Crippen LogP contribution in [-0.4, -0.2) is 30.5 Å². The molecule has 0 N–H and O–H groups in total. The van der Waals surface area contributed by atoms with E-state index in [-0.39, 0.29) is 35.0 Å². The van der Waals surface area contributed by atoms with Gasteiger partial charge in [0.05, 0.1) is 5.39 Å². The third kappa shape index (κ3) is 5.51. The molecule has 0 spiro atoms. The maximum absolute atomic E-state index is 13.9. The summed E-state index contributed by atoms with van der Waals surface area (Å²) in [5.74, 6) is -2.54. The Morgan fingerprint density at radius 3 is 2.21 bits per heavy atom. The number of ether oxygens (including phenoxy) is 2. The molecule has 2 heterocycles. The lowest BCUT2D eigenvalue weighted by atomic mass is 10.1. The van der Waals surface area contributed by atoms with Crippen molar-refractivity contribution in [2.75, 3.05) is 19.7 Å². The molecule has 0 radical (unpaired) electrons. The molecule has 196 valence electrons. The second kappa shape index (κ2) is 10.6. The SMILES string of the molecule is O=C(COc1ccc2c(=O)c(Oc3ccc(-c4ccccc4)cc3)c(C(F)(F)F)oc2c1)N1CCCCC1. The number of likely N-dealkylation sites (tertiary alicyclic amines) is 1. The lowest BCUT2D eigenvalue weighted by molar-refractivity contribution is -0.154. The lowest BCUT2D eigenvalue weighted by Crippen LogP contribution is -2.38. The van der Waals surface area contributed by atoms with Crippen molar-refractivity contribution in [2.24, 2.45) is 0 Å². The van der Waals surface area contributed by atoms with Gasteiger partial charge >= 0.3 is 6.18 Å². The molecule has 0 bridgehead atoms. The first-order valence-corrected chi connectivity index (χ1v) is 12.2. The number of halogens is 3. The third-order valence-electron chi connectivity index (χ3n) is 6.33. The van der Waals surface area contributed by atoms with Crippen LogP contribution in [0.1, 0.15) is 25.0 Å². The topological polar surface area (TPSA) is 69.0 Å². The normalized spacial score (nSPS) is 13.9. The van der Waals surface area contributed by atoms with E-state index in [0.717, 1.165) is 30.4 Å². The molecule has 4 aromatic rings. The maximum atomic E-state index is 13.9. The lowest BCUT2D eigenvalue weighted by Gasteiger charge is -2.26. The van der Waals surface area contributed by atoms with E-state index in [4.69, 9.17) is 13.9 Å². The Hall–Kier alpha value is -4.27. The average molecular weight is 524 g/mol. The van der Waals surface area contributed by atoms with Gasteiger partial charge in [-0.05, 0) is 54.7 Å². The molecule has 9 heteroatoms. The van der Waals surface area contributed by atoms with Gasteiger partial charge in [0.25, 0.3) is 11.7 Å². The van der Waals surface area contributed by atoms with Gasteiger partial charge in [0.1, 0.15) is 17.1 Å². The molecule has 0 unspecified atom stereocenters. The molecule has 5 rings (SSSR count). The van der Waals surface area contributed by atoms with Gasteiger partial charge in [-0.15, -0.1) is 0 Å². The maximum Gasteiger partial charge on any atom is 0.453 e. The fourth-order valence-corrected chi connectivity index (χ4v) is 4.37. The average Bonchev–Trinajstić information content (AvgIpc) is 2.94. The van der Waals surface area contributed by atoms with E-state index in [2.05, 4.69) is 0 Å². The van der Waals surface area contributed by atoms with Gasteiger partial charge in [0.2, 0.25) is 11.2 Å². The minimum Gasteiger partial charge on any atom is -0.484 e. The molecular formula is C29H24F3NO5. The second-order valence-corrected chi connectivity index (χ2v) is 8.97. The fraction of sp³-hybridized carbons (Fsp3) is 0.241. The van der Waals surface area contributed by atoms with Crippen molar-refractivity contribution in [3.8, 4) is 28.4 Å². The summed E-state index contributed by atoms with van der Waals surface area (Å²) in [6.07, 6.45) is -2.07. The van der Waals surface area contributed by atoms with Crippen molar-refractivity contribution in [3.05, 3.63) is 88.8 Å². The first-order chi connectivity index (χ1) is 18.3. The van der Waals surface area contributed by atoms with Crippen LogP contribution in [0.4, 0.5) is 13.2 Å². The standard InChI is InChI=1S/C29H24F3NO5/c30-29(31,32)28-27(37-21-11-9-20(10-12-21)19-7-3-1-4-8-19)26(35)23-14-13-22(17-24(23)38-28)36-18-25(34)33-15-5-2-6-16-33/h1,3-4,7-14,17H,2,5-6,15-16,18H2. The molecule has 3 aromatic carbocycles. The van der Waals surface area contributed by atoms with Crippen LogP contribution in [0, 0.1) is 0 Å². The predicted molar refractivity (Wildman–Crippen MR) is 135 cm³/mol. The van der Waals surface area contributed by atoms with E-state index in [0.29, 0.717) is 13.1 Å². The highest BCUT2D eigenvalue weighted by atomic mass is 19.4. The van der Waals surface area contributed by atoms with Crippen LogP contribution in [-0.2, 0) is 11.0 Å². The van der Waals surface area contributed by atoms with Crippen molar-refractivity contribution in [3.63, 3.8) is 0 Å². The first kappa shape index (κ1) is 25.4. The Morgan fingerprint density at radius 2 is 1.53 bits per heavy atom. The van der Waals surface area contributed by atoms with Gasteiger partial charge in [0.15, 0.2) is 6.61 Å². The summed E-state index contributed by atoms with van der Waals surface area (Å²) >= 11 is 0. The molecule has 0 aliphatic carbocycles. The van der Waals surface area contributed by atoms with Crippen LogP contribution >= 0.6 is 0 Å². The first-order valence-electron chi connectivity index (χ1n) is 12.2. The van der Waals surface area contributed by atoms with Gasteiger partial charge < -0.3 is 18.8 Å². The van der Waals surface area contributed by atoms with Crippen LogP contribution in [0.3, 0.4) is 0 Å². The summed E-state index contributed by atoms with van der Waals surface area (Å²) in [4.78, 5) is 27.1. The third-order valence-corrected chi connectivity index (χ3v) is 6.33. The number of carbonyl (C=O) groups is 1. The van der Waals surface area contributed by atoms with E-state index in [1.54, 1.807) is 17.0 Å². The fourth-order valence-electron chi connectivity index (χ4n) is 4.37. The van der Waals surface area contributed by atoms with E-state index in [1.807, 2.05) is 30.3 Å². The molecule has 0 saturated carbocycles. The summed E-state index contributed by atoms with van der Waals surface area (Å²) < 4.78 is 57.8. The Labute approximate surface area is 216 Å². The number of alkyl halides is 3. The van der Waals surface area contributed by atoms with Gasteiger partial charge in [-0.25, -0.2) is 0 Å². The van der Waals surface area contributed by atoms with Crippen molar-refractivity contribution in [1.29, 1.82) is 0 Å². The van der Waals surface area contributed by atoms with Crippen molar-refractivity contribution >= 4 is 16.9 Å². The van der Waals surface area contributed by atoms with Gasteiger partial charge in [0, 0.05) is 19.2 Å². The highest BCUT2D eigenvalue weighted by Crippen LogP contribution is 2.39. The number of fused-ring (bicyclic) bond motifs is 1. The largest absolute Gasteiger partial charge is 0.484 e. The number of benzene rings is 3. The number of carbonyl (C=O) groups excluding carboxylic acids is 1. The molecule has 1 fully saturated rings. The molecule has 1 amide bonds. The monoisotopic (exact) mass is 523 g/mol. The summed E-state index contributed by atoms with van der Waals surface area (Å²) in [7, 11) is 0. The number of nitrogens with zero attached hydrogens (tertiary/aromatic N) is 1. The molecule has 6 nitrogen and oxygen atoms in total. The van der Waals surface area contributed by atoms with E-state index < -0.39 is 23.1 Å². The second-order valence-electron chi connectivity index (χ2n) is 8.97. The molecule has 1 aliphatic heterocycles. The van der Waals surface area contributed by atoms with Gasteiger partial charge in [-0.3, -0.25) is 9.59 Å². The zero-order valence-corrected chi connectivity index (χ0v) is 20.3. The van der Waals surface area contributed by atoms with Crippen molar-refractivity contribution in [2.45, 2.75) is 25.4 Å². The summed E-state index contributed by atoms with van der Waals surface area (Å²) in [6.45, 7) is 1.05. The van der Waals surface area contributed by atoms with Crippen molar-refractivity contribution in [1.82, 2.24) is 4.90 Å². The molecule has 38 heavy (non-hydrogen) atoms. The van der Waals surface area contributed by atoms with Crippen LogP contribution < -0.4 is 14.9 Å². The summed E-state index contributed by atoms with van der Waals surface area (Å²) in [6, 6.07) is 19.7. The van der Waals surface area contributed by atoms with Crippen molar-refractivity contribution < 1.29 is 31.9 Å². The number of rotatable bonds is 6. The zero-order valence-electron chi connectivity index (χ0n) is 20.3. The Kier molecular flexibility index (Phi) is 7.09. The molecule has 0 atom stereocenters. The number of amides is 1. The van der Waals surface area contributed by atoms with Crippen LogP contribution in [0.5, 0.6) is 17.2 Å². The highest BCUT2D eigenvalue weighted by Gasteiger charge is 2.40. The summed E-state index contributed by atoms with van der Waals surface area (Å²) in [5, 5.41) is -0.108. The van der Waals surface area contributed by atoms with Crippen LogP contribution in [0.2, 0.25) is 0 Å². The Morgan fingerprint density at radius 1 is 0.868 bits per heavy atom. The van der Waals surface area contributed by atoms with E-state index in [9.17, 15) is 22.8 Å². The number of piperidine rings is 1. The van der Waals surface area contributed by atoms with Gasteiger partial charge in [-0.1, -0.05) is 42.5 Å². The smallest absolute Gasteiger partial charge is 0.453 e. The summed E-state index contributed by atoms with van der Waals surface area (Å²) in [5.41, 5.74) is 0.473. The zero-order chi connectivity index (χ0) is 26.7. The molecule has 1 aliphatic rings. The van der Waals surface area contributed by atoms with Gasteiger partial charge in [-0.2, -0.15) is 13.2 Å². The molecule has 1 saturated heterocycles. The quantitative estimate of drug-likeness (QED) is 0.283. The molecular weight excluding hydrogens is 499 g/mol. The Bertz CT molecular complexity index is 1490. The number of hydrogen-bond donors (Lipinski definition) is 0. The number of hydrogen-bond acceptors (Lipinski definition) is 5.